The van der Waals surface area contributed by atoms with E-state index >= 15 is 0 Å². The molecular formula is C40H45N4O8S2+. The first-order valence-electron chi connectivity index (χ1n) is 17.7. The lowest BCUT2D eigenvalue weighted by atomic mass is 9.93. The van der Waals surface area contributed by atoms with Gasteiger partial charge >= 0.3 is 0 Å². The summed E-state index contributed by atoms with van der Waals surface area (Å²) in [6.07, 6.45) is 3.45. The zero-order valence-corrected chi connectivity index (χ0v) is 32.6. The molecule has 0 bridgehead atoms. The van der Waals surface area contributed by atoms with Gasteiger partial charge < -0.3 is 14.6 Å². The van der Waals surface area contributed by atoms with E-state index in [4.69, 9.17) is 8.60 Å². The summed E-state index contributed by atoms with van der Waals surface area (Å²) in [5.41, 5.74) is 4.15. The Morgan fingerprint density at radius 2 is 1.57 bits per heavy atom. The second kappa shape index (κ2) is 17.3. The minimum Gasteiger partial charge on any atom is -0.456 e. The molecule has 284 valence electrons. The molecule has 1 aliphatic heterocycles. The van der Waals surface area contributed by atoms with Crippen molar-refractivity contribution >= 4 is 60.8 Å². The molecule has 12 nitrogen and oxygen atoms in total. The highest BCUT2D eigenvalue weighted by Crippen LogP contribution is 2.43. The number of aldehydes is 1. The fraction of sp³-hybridized carbons (Fsp3) is 0.275. The summed E-state index contributed by atoms with van der Waals surface area (Å²) >= 11 is 0. The minimum atomic E-state index is -4.46. The number of nitrogens with zero attached hydrogens (tertiary/aromatic N) is 2. The average molecular weight is 774 g/mol. The van der Waals surface area contributed by atoms with Crippen molar-refractivity contribution in [3.8, 4) is 22.5 Å². The van der Waals surface area contributed by atoms with Crippen LogP contribution in [0, 0.1) is 0 Å². The molecule has 5 rings (SSSR count). The molecule has 1 aliphatic carbocycles. The van der Waals surface area contributed by atoms with Gasteiger partial charge in [-0.3, -0.25) is 13.8 Å². The number of rotatable bonds is 16. The SMILES string of the molecule is CCN(CC)c1ccc2c(-c3ccc(S(=O)(=O)NCCC(=O)Nc4ccc(C=CC=O)cc4)cc3S(=O)(=O)OC)c3ccc(=[N+](CC)CC)cc-3oc2c1. The van der Waals surface area contributed by atoms with E-state index in [0.717, 1.165) is 56.0 Å². The second-order valence-corrected chi connectivity index (χ2v) is 15.7. The molecule has 0 saturated carbocycles. The van der Waals surface area contributed by atoms with Crippen LogP contribution >= 0.6 is 0 Å². The van der Waals surface area contributed by atoms with Gasteiger partial charge in [-0.1, -0.05) is 24.3 Å². The molecule has 2 N–H and O–H groups in total. The van der Waals surface area contributed by atoms with Gasteiger partial charge in [0.1, 0.15) is 35.6 Å². The third kappa shape index (κ3) is 8.79. The molecule has 0 fully saturated rings. The summed E-state index contributed by atoms with van der Waals surface area (Å²) in [5, 5.41) is 4.27. The van der Waals surface area contributed by atoms with E-state index in [-0.39, 0.29) is 28.3 Å². The van der Waals surface area contributed by atoms with E-state index in [1.165, 1.54) is 18.2 Å². The van der Waals surface area contributed by atoms with Crippen molar-refractivity contribution in [2.75, 3.05) is 50.1 Å². The number of hydrogen-bond donors (Lipinski definition) is 2. The molecule has 0 radical (unpaired) electrons. The summed E-state index contributed by atoms with van der Waals surface area (Å²) in [6, 6.07) is 22.2. The molecule has 1 amide bonds. The number of fused-ring (bicyclic) bond motifs is 2. The summed E-state index contributed by atoms with van der Waals surface area (Å²) in [4.78, 5) is 24.7. The normalized spacial score (nSPS) is 12.0. The number of nitrogens with one attached hydrogen (secondary N) is 2. The van der Waals surface area contributed by atoms with Crippen molar-refractivity contribution < 1.29 is 35.0 Å². The van der Waals surface area contributed by atoms with Gasteiger partial charge in [-0.15, -0.1) is 0 Å². The van der Waals surface area contributed by atoms with Gasteiger partial charge in [-0.05, 0) is 81.8 Å². The van der Waals surface area contributed by atoms with Gasteiger partial charge in [-0.25, -0.2) is 17.7 Å². The van der Waals surface area contributed by atoms with E-state index in [1.807, 2.05) is 36.4 Å². The highest BCUT2D eigenvalue weighted by Gasteiger charge is 2.28. The Morgan fingerprint density at radius 3 is 2.22 bits per heavy atom. The molecule has 14 heteroatoms. The Kier molecular flexibility index (Phi) is 12.9. The molecule has 0 saturated heterocycles. The number of hydrogen-bond acceptors (Lipinski definition) is 9. The number of carbonyl (C=O) groups is 2. The topological polar surface area (TPSA) is 155 Å². The van der Waals surface area contributed by atoms with Gasteiger partial charge in [0.05, 0.1) is 18.1 Å². The molecule has 2 aliphatic rings. The van der Waals surface area contributed by atoms with E-state index < -0.39 is 26.0 Å². The van der Waals surface area contributed by atoms with Crippen molar-refractivity contribution in [3.05, 3.63) is 95.9 Å². The minimum absolute atomic E-state index is 0.191. The summed E-state index contributed by atoms with van der Waals surface area (Å²) in [5.74, 6) is 0.0927. The molecule has 54 heavy (non-hydrogen) atoms. The molecular weight excluding hydrogens is 729 g/mol. The van der Waals surface area contributed by atoms with Crippen LogP contribution in [0.3, 0.4) is 0 Å². The Bertz CT molecular complexity index is 2450. The molecule has 0 spiro atoms. The van der Waals surface area contributed by atoms with Crippen LogP contribution in [0.25, 0.3) is 39.5 Å². The maximum absolute atomic E-state index is 13.6. The fourth-order valence-electron chi connectivity index (χ4n) is 6.34. The number of allylic oxidation sites excluding steroid dienone is 1. The molecule has 3 aromatic rings. The zero-order chi connectivity index (χ0) is 39.0. The van der Waals surface area contributed by atoms with Crippen LogP contribution in [0.1, 0.15) is 39.7 Å². The maximum Gasteiger partial charge on any atom is 0.297 e. The number of amides is 1. The van der Waals surface area contributed by atoms with Crippen molar-refractivity contribution in [3.63, 3.8) is 0 Å². The average Bonchev–Trinajstić information content (AvgIpc) is 3.17. The third-order valence-electron chi connectivity index (χ3n) is 9.17. The van der Waals surface area contributed by atoms with Crippen LogP contribution in [-0.2, 0) is 33.9 Å². The predicted molar refractivity (Wildman–Crippen MR) is 212 cm³/mol. The number of carbonyl (C=O) groups excluding carboxylic acids is 2. The maximum atomic E-state index is 13.6. The molecule has 0 atom stereocenters. The Labute approximate surface area is 316 Å². The van der Waals surface area contributed by atoms with Gasteiger partial charge in [0.15, 0.2) is 0 Å². The fourth-order valence-corrected chi connectivity index (χ4v) is 8.36. The molecule has 1 heterocycles. The van der Waals surface area contributed by atoms with Crippen LogP contribution in [-0.4, -0.2) is 68.9 Å². The van der Waals surface area contributed by atoms with Gasteiger partial charge in [0.25, 0.3) is 10.1 Å². The van der Waals surface area contributed by atoms with Crippen LogP contribution in [0.15, 0.2) is 99.1 Å². The van der Waals surface area contributed by atoms with Crippen LogP contribution in [0.5, 0.6) is 0 Å². The smallest absolute Gasteiger partial charge is 0.297 e. The van der Waals surface area contributed by atoms with Crippen molar-refractivity contribution in [1.82, 2.24) is 9.30 Å². The molecule has 3 aromatic carbocycles. The molecule has 0 aromatic heterocycles. The standard InChI is InChI=1S/C40H44N4O8S2/c1-6-43(7-2)30-16-19-33-36(25-30)52-37-26-31(44(8-3)9-4)17-20-34(37)40(33)35-21-18-32(27-38(35)54(49,50)51-5)53(47,48)41-23-22-39(46)42-29-14-12-28(13-15-29)11-10-24-45/h10-21,24-27,41H,6-9,22-23H2,1-5H3/p+1. The third-order valence-corrected chi connectivity index (χ3v) is 11.9. The first-order valence-corrected chi connectivity index (χ1v) is 20.6. The van der Waals surface area contributed by atoms with E-state index in [2.05, 4.69) is 47.2 Å². The first-order chi connectivity index (χ1) is 25.9. The Balaban J connectivity index is 1.55. The highest BCUT2D eigenvalue weighted by atomic mass is 32.2. The largest absolute Gasteiger partial charge is 0.456 e. The summed E-state index contributed by atoms with van der Waals surface area (Å²) < 4.78 is 70.3. The number of sulfonamides is 1. The number of anilines is 2. The predicted octanol–water partition coefficient (Wildman–Crippen LogP) is 5.72. The summed E-state index contributed by atoms with van der Waals surface area (Å²) in [6.45, 7) is 11.1. The van der Waals surface area contributed by atoms with E-state index in [1.54, 1.807) is 30.3 Å². The van der Waals surface area contributed by atoms with Crippen LogP contribution < -0.4 is 24.9 Å². The lowest BCUT2D eigenvalue weighted by molar-refractivity contribution is -0.116. The first kappa shape index (κ1) is 40.0. The summed E-state index contributed by atoms with van der Waals surface area (Å²) in [7, 11) is -7.71. The van der Waals surface area contributed by atoms with Crippen LogP contribution in [0.2, 0.25) is 0 Å². The Morgan fingerprint density at radius 1 is 0.870 bits per heavy atom. The van der Waals surface area contributed by atoms with Crippen LogP contribution in [0.4, 0.5) is 11.4 Å². The lowest BCUT2D eigenvalue weighted by Crippen LogP contribution is -2.29. The highest BCUT2D eigenvalue weighted by molar-refractivity contribution is 7.89. The quantitative estimate of drug-likeness (QED) is 0.0422. The zero-order valence-electron chi connectivity index (χ0n) is 31.0. The Hall–Kier alpha value is -5.15. The van der Waals surface area contributed by atoms with E-state index in [0.29, 0.717) is 39.8 Å². The van der Waals surface area contributed by atoms with Gasteiger partial charge in [-0.2, -0.15) is 8.42 Å². The van der Waals surface area contributed by atoms with Gasteiger partial charge in [0, 0.05) is 71.6 Å². The van der Waals surface area contributed by atoms with Crippen molar-refractivity contribution in [1.29, 1.82) is 0 Å². The van der Waals surface area contributed by atoms with Crippen molar-refractivity contribution in [2.24, 2.45) is 0 Å². The molecule has 0 unspecified atom stereocenters. The van der Waals surface area contributed by atoms with E-state index in [9.17, 15) is 26.4 Å². The second-order valence-electron chi connectivity index (χ2n) is 12.3. The van der Waals surface area contributed by atoms with Crippen molar-refractivity contribution in [2.45, 2.75) is 43.9 Å². The monoisotopic (exact) mass is 773 g/mol. The number of benzene rings is 4. The lowest BCUT2D eigenvalue weighted by Gasteiger charge is -2.23. The van der Waals surface area contributed by atoms with Gasteiger partial charge in [0.2, 0.25) is 21.3 Å².